The summed E-state index contributed by atoms with van der Waals surface area (Å²) in [6, 6.07) is 7.46. The van der Waals surface area contributed by atoms with Crippen LogP contribution >= 0.6 is 0 Å². The van der Waals surface area contributed by atoms with Crippen molar-refractivity contribution in [3.05, 3.63) is 24.3 Å². The Kier molecular flexibility index (Phi) is 3.64. The lowest BCUT2D eigenvalue weighted by Crippen LogP contribution is -2.32. The van der Waals surface area contributed by atoms with Crippen molar-refractivity contribution >= 4 is 17.3 Å². The Bertz CT molecular complexity index is 380. The first kappa shape index (κ1) is 11.9. The standard InChI is InChI=1S/C13H19N3O/c1-10(14)13(17)15-11-4-6-12(7-5-11)16-8-2-3-9-16/h4-7,10H,2-3,8-9,14H2,1H3,(H,15,17)/t10-/m0/s1. The topological polar surface area (TPSA) is 58.4 Å². The molecule has 4 nitrogen and oxygen atoms in total. The summed E-state index contributed by atoms with van der Waals surface area (Å²) < 4.78 is 0. The van der Waals surface area contributed by atoms with Crippen LogP contribution < -0.4 is 16.0 Å². The van der Waals surface area contributed by atoms with E-state index in [1.165, 1.54) is 18.5 Å². The third-order valence-corrected chi connectivity index (χ3v) is 3.02. The van der Waals surface area contributed by atoms with Crippen LogP contribution in [-0.4, -0.2) is 25.0 Å². The van der Waals surface area contributed by atoms with E-state index in [0.29, 0.717) is 0 Å². The SMILES string of the molecule is C[C@H](N)C(=O)Nc1ccc(N2CCCC2)cc1. The van der Waals surface area contributed by atoms with Crippen molar-refractivity contribution < 1.29 is 4.79 Å². The predicted molar refractivity (Wildman–Crippen MR) is 70.2 cm³/mol. The Morgan fingerprint density at radius 2 is 1.88 bits per heavy atom. The molecular weight excluding hydrogens is 214 g/mol. The summed E-state index contributed by atoms with van der Waals surface area (Å²) in [5.74, 6) is -0.154. The zero-order chi connectivity index (χ0) is 12.3. The lowest BCUT2D eigenvalue weighted by Gasteiger charge is -2.18. The largest absolute Gasteiger partial charge is 0.372 e. The van der Waals surface area contributed by atoms with Gasteiger partial charge in [0.05, 0.1) is 6.04 Å². The lowest BCUT2D eigenvalue weighted by molar-refractivity contribution is -0.117. The highest BCUT2D eigenvalue weighted by molar-refractivity contribution is 5.94. The average molecular weight is 233 g/mol. The fourth-order valence-corrected chi connectivity index (χ4v) is 1.99. The molecule has 1 amide bonds. The zero-order valence-corrected chi connectivity index (χ0v) is 10.1. The maximum absolute atomic E-state index is 11.4. The Morgan fingerprint density at radius 1 is 1.29 bits per heavy atom. The molecule has 1 aliphatic rings. The summed E-state index contributed by atoms with van der Waals surface area (Å²) in [5.41, 5.74) is 7.52. The summed E-state index contributed by atoms with van der Waals surface area (Å²) in [7, 11) is 0. The summed E-state index contributed by atoms with van der Waals surface area (Å²) >= 11 is 0. The first-order valence-corrected chi connectivity index (χ1v) is 6.08. The van der Waals surface area contributed by atoms with Crippen molar-refractivity contribution in [3.8, 4) is 0 Å². The van der Waals surface area contributed by atoms with Gasteiger partial charge in [-0.05, 0) is 44.0 Å². The van der Waals surface area contributed by atoms with Crippen LogP contribution in [0.15, 0.2) is 24.3 Å². The number of benzene rings is 1. The van der Waals surface area contributed by atoms with Crippen molar-refractivity contribution in [2.24, 2.45) is 5.73 Å². The van der Waals surface area contributed by atoms with Crippen LogP contribution in [0.25, 0.3) is 0 Å². The summed E-state index contributed by atoms with van der Waals surface area (Å²) in [6.07, 6.45) is 2.53. The average Bonchev–Trinajstić information content (AvgIpc) is 2.83. The van der Waals surface area contributed by atoms with Gasteiger partial charge in [0.15, 0.2) is 0 Å². The zero-order valence-electron chi connectivity index (χ0n) is 10.1. The van der Waals surface area contributed by atoms with Gasteiger partial charge in [-0.25, -0.2) is 0 Å². The number of amides is 1. The molecule has 4 heteroatoms. The molecule has 1 aromatic carbocycles. The second-order valence-electron chi connectivity index (χ2n) is 4.52. The first-order valence-electron chi connectivity index (χ1n) is 6.08. The lowest BCUT2D eigenvalue weighted by atomic mass is 10.2. The molecular formula is C13H19N3O. The van der Waals surface area contributed by atoms with Crippen LogP contribution in [0.3, 0.4) is 0 Å². The van der Waals surface area contributed by atoms with Gasteiger partial charge in [-0.2, -0.15) is 0 Å². The molecule has 0 spiro atoms. The van der Waals surface area contributed by atoms with Gasteiger partial charge in [0.2, 0.25) is 5.91 Å². The molecule has 1 heterocycles. The predicted octanol–water partition coefficient (Wildman–Crippen LogP) is 1.57. The minimum atomic E-state index is -0.478. The molecule has 0 bridgehead atoms. The highest BCUT2D eigenvalue weighted by Crippen LogP contribution is 2.21. The van der Waals surface area contributed by atoms with E-state index in [-0.39, 0.29) is 5.91 Å². The second kappa shape index (κ2) is 5.19. The Morgan fingerprint density at radius 3 is 2.41 bits per heavy atom. The van der Waals surface area contributed by atoms with Gasteiger partial charge in [-0.15, -0.1) is 0 Å². The van der Waals surface area contributed by atoms with E-state index in [1.807, 2.05) is 24.3 Å². The number of hydrogen-bond acceptors (Lipinski definition) is 3. The van der Waals surface area contributed by atoms with E-state index >= 15 is 0 Å². The third-order valence-electron chi connectivity index (χ3n) is 3.02. The first-order chi connectivity index (χ1) is 8.16. The van der Waals surface area contributed by atoms with Gasteiger partial charge in [-0.3, -0.25) is 4.79 Å². The third kappa shape index (κ3) is 2.97. The number of anilines is 2. The Balaban J connectivity index is 2.00. The van der Waals surface area contributed by atoms with Gasteiger partial charge < -0.3 is 16.0 Å². The molecule has 1 atom stereocenters. The van der Waals surface area contributed by atoms with Gasteiger partial charge in [0.1, 0.15) is 0 Å². The molecule has 0 unspecified atom stereocenters. The molecule has 0 saturated carbocycles. The Labute approximate surface area is 102 Å². The number of carbonyl (C=O) groups excluding carboxylic acids is 1. The molecule has 92 valence electrons. The number of hydrogen-bond donors (Lipinski definition) is 2. The number of nitrogens with zero attached hydrogens (tertiary/aromatic N) is 1. The normalized spacial score (nSPS) is 16.9. The molecule has 1 aromatic rings. The highest BCUT2D eigenvalue weighted by atomic mass is 16.2. The monoisotopic (exact) mass is 233 g/mol. The fourth-order valence-electron chi connectivity index (χ4n) is 1.99. The van der Waals surface area contributed by atoms with E-state index in [9.17, 15) is 4.79 Å². The van der Waals surface area contributed by atoms with Crippen molar-refractivity contribution in [2.45, 2.75) is 25.8 Å². The summed E-state index contributed by atoms with van der Waals surface area (Å²) in [4.78, 5) is 13.8. The number of nitrogens with two attached hydrogens (primary N) is 1. The van der Waals surface area contributed by atoms with E-state index < -0.39 is 6.04 Å². The van der Waals surface area contributed by atoms with Gasteiger partial charge in [0, 0.05) is 24.5 Å². The minimum absolute atomic E-state index is 0.154. The molecule has 1 saturated heterocycles. The number of nitrogens with one attached hydrogen (secondary N) is 1. The van der Waals surface area contributed by atoms with E-state index in [4.69, 9.17) is 5.73 Å². The van der Waals surface area contributed by atoms with Gasteiger partial charge in [0.25, 0.3) is 0 Å². The van der Waals surface area contributed by atoms with E-state index in [1.54, 1.807) is 6.92 Å². The van der Waals surface area contributed by atoms with Crippen LogP contribution in [0.2, 0.25) is 0 Å². The Hall–Kier alpha value is -1.55. The van der Waals surface area contributed by atoms with Crippen LogP contribution in [0, 0.1) is 0 Å². The van der Waals surface area contributed by atoms with E-state index in [0.717, 1.165) is 18.8 Å². The maximum atomic E-state index is 11.4. The highest BCUT2D eigenvalue weighted by Gasteiger charge is 2.12. The molecule has 1 aliphatic heterocycles. The molecule has 3 N–H and O–H groups in total. The van der Waals surface area contributed by atoms with Gasteiger partial charge >= 0.3 is 0 Å². The molecule has 0 radical (unpaired) electrons. The molecule has 2 rings (SSSR count). The molecule has 1 fully saturated rings. The molecule has 0 aliphatic carbocycles. The number of rotatable bonds is 3. The summed E-state index contributed by atoms with van der Waals surface area (Å²) in [5, 5.41) is 2.78. The van der Waals surface area contributed by atoms with Crippen molar-refractivity contribution in [1.29, 1.82) is 0 Å². The maximum Gasteiger partial charge on any atom is 0.240 e. The molecule has 0 aromatic heterocycles. The van der Waals surface area contributed by atoms with Crippen LogP contribution in [0.5, 0.6) is 0 Å². The molecule has 17 heavy (non-hydrogen) atoms. The quantitative estimate of drug-likeness (QED) is 0.833. The fraction of sp³-hybridized carbons (Fsp3) is 0.462. The van der Waals surface area contributed by atoms with Crippen molar-refractivity contribution in [1.82, 2.24) is 0 Å². The number of carbonyl (C=O) groups is 1. The van der Waals surface area contributed by atoms with Crippen LogP contribution in [0.4, 0.5) is 11.4 Å². The van der Waals surface area contributed by atoms with Crippen LogP contribution in [0.1, 0.15) is 19.8 Å². The smallest absolute Gasteiger partial charge is 0.240 e. The van der Waals surface area contributed by atoms with E-state index in [2.05, 4.69) is 10.2 Å². The summed E-state index contributed by atoms with van der Waals surface area (Å²) in [6.45, 7) is 3.94. The second-order valence-corrected chi connectivity index (χ2v) is 4.52. The van der Waals surface area contributed by atoms with Gasteiger partial charge in [-0.1, -0.05) is 0 Å². The van der Waals surface area contributed by atoms with Crippen LogP contribution in [-0.2, 0) is 4.79 Å². The minimum Gasteiger partial charge on any atom is -0.372 e. The van der Waals surface area contributed by atoms with Crippen molar-refractivity contribution in [2.75, 3.05) is 23.3 Å². The van der Waals surface area contributed by atoms with Crippen molar-refractivity contribution in [3.63, 3.8) is 0 Å².